The monoisotopic (exact) mass is 216 g/mol. The maximum Gasteiger partial charge on any atom is 0.218 e. The van der Waals surface area contributed by atoms with Crippen molar-refractivity contribution in [1.82, 2.24) is 4.98 Å². The highest BCUT2D eigenvalue weighted by atomic mass is 33.1. The van der Waals surface area contributed by atoms with Gasteiger partial charge >= 0.3 is 0 Å². The van der Waals surface area contributed by atoms with Crippen LogP contribution in [0.1, 0.15) is 6.42 Å². The SMILES string of the molecule is [3H]NC(=O)CCSSc1ccccn1. The van der Waals surface area contributed by atoms with Crippen LogP contribution in [-0.4, -0.2) is 16.6 Å². The molecule has 3 nitrogen and oxygen atoms in total. The number of nitrogens with two attached hydrogens (primary N) is 1. The predicted octanol–water partition coefficient (Wildman–Crippen LogP) is 1.70. The highest BCUT2D eigenvalue weighted by Crippen LogP contribution is 2.28. The van der Waals surface area contributed by atoms with Crippen LogP contribution in [-0.2, 0) is 4.79 Å². The number of carbonyl (C=O) groups excluding carboxylic acids is 1. The first-order valence-electron chi connectivity index (χ1n) is 4.24. The molecule has 0 aliphatic heterocycles. The average Bonchev–Trinajstić information content (AvgIpc) is 2.25. The van der Waals surface area contributed by atoms with E-state index in [4.69, 9.17) is 1.41 Å². The Balaban J connectivity index is 2.13. The summed E-state index contributed by atoms with van der Waals surface area (Å²) in [6.45, 7) is 0. The van der Waals surface area contributed by atoms with Crippen molar-refractivity contribution in [2.45, 2.75) is 11.4 Å². The van der Waals surface area contributed by atoms with E-state index in [2.05, 4.69) is 4.98 Å². The van der Waals surface area contributed by atoms with Gasteiger partial charge in [0.05, 0.1) is 0 Å². The van der Waals surface area contributed by atoms with Crippen molar-refractivity contribution in [1.29, 1.82) is 0 Å². The van der Waals surface area contributed by atoms with E-state index in [9.17, 15) is 4.79 Å². The number of pyridine rings is 1. The van der Waals surface area contributed by atoms with Gasteiger partial charge in [0, 0.05) is 18.4 Å². The molecule has 13 heavy (non-hydrogen) atoms. The first-order valence-corrected chi connectivity index (χ1v) is 6.06. The molecule has 0 aliphatic carbocycles. The standard InChI is InChI=1S/C8H10N2OS2/c9-7(11)4-6-12-13-8-3-1-2-5-10-8/h1-3,5H,4,6H2,(H2,9,11)/i/hT. The van der Waals surface area contributed by atoms with Gasteiger partial charge in [-0.2, -0.15) is 0 Å². The number of primary amides is 1. The summed E-state index contributed by atoms with van der Waals surface area (Å²) in [6, 6.07) is 5.71. The number of aromatic nitrogens is 1. The third-order valence-corrected chi connectivity index (χ3v) is 3.46. The summed E-state index contributed by atoms with van der Waals surface area (Å²) in [7, 11) is 3.10. The Bertz CT molecular complexity index is 284. The van der Waals surface area contributed by atoms with Crippen molar-refractivity contribution in [3.05, 3.63) is 24.4 Å². The molecule has 0 bridgehead atoms. The summed E-state index contributed by atoms with van der Waals surface area (Å²) in [5.74, 6) is 0.436. The van der Waals surface area contributed by atoms with Crippen LogP contribution in [0, 0.1) is 0 Å². The van der Waals surface area contributed by atoms with Gasteiger partial charge in [0.25, 0.3) is 0 Å². The van der Waals surface area contributed by atoms with E-state index >= 15 is 0 Å². The van der Waals surface area contributed by atoms with Crippen molar-refractivity contribution >= 4 is 27.5 Å². The molecule has 0 spiro atoms. The lowest BCUT2D eigenvalue weighted by atomic mass is 10.5. The second kappa shape index (κ2) is 5.88. The van der Waals surface area contributed by atoms with Crippen molar-refractivity contribution in [3.63, 3.8) is 0 Å². The maximum absolute atomic E-state index is 10.7. The van der Waals surface area contributed by atoms with Gasteiger partial charge in [0.15, 0.2) is 1.41 Å². The molecule has 0 atom stereocenters. The van der Waals surface area contributed by atoms with Crippen molar-refractivity contribution in [3.8, 4) is 0 Å². The minimum atomic E-state index is -0.251. The maximum atomic E-state index is 10.7. The lowest BCUT2D eigenvalue weighted by molar-refractivity contribution is -0.117. The fourth-order valence-electron chi connectivity index (χ4n) is 0.633. The zero-order chi connectivity index (χ0) is 10.2. The Hall–Kier alpha value is -0.680. The Morgan fingerprint density at radius 2 is 2.62 bits per heavy atom. The minimum absolute atomic E-state index is 0.251. The number of hydrogen-bond donors (Lipinski definition) is 1. The van der Waals surface area contributed by atoms with E-state index in [1.165, 1.54) is 10.8 Å². The van der Waals surface area contributed by atoms with Gasteiger partial charge in [-0.05, 0) is 22.9 Å². The number of amides is 1. The van der Waals surface area contributed by atoms with Crippen LogP contribution in [0.5, 0.6) is 0 Å². The lowest BCUT2D eigenvalue weighted by Gasteiger charge is -1.97. The molecule has 70 valence electrons. The van der Waals surface area contributed by atoms with Gasteiger partial charge in [0.2, 0.25) is 5.91 Å². The van der Waals surface area contributed by atoms with Crippen molar-refractivity contribution in [2.24, 2.45) is 5.73 Å². The molecule has 0 saturated heterocycles. The van der Waals surface area contributed by atoms with Crippen LogP contribution in [0.3, 0.4) is 0 Å². The van der Waals surface area contributed by atoms with Crippen LogP contribution >= 0.6 is 21.6 Å². The Kier molecular flexibility index (Phi) is 4.02. The van der Waals surface area contributed by atoms with Gasteiger partial charge in [-0.15, -0.1) is 0 Å². The zero-order valence-corrected chi connectivity index (χ0v) is 8.53. The van der Waals surface area contributed by atoms with E-state index in [1.807, 2.05) is 23.9 Å². The van der Waals surface area contributed by atoms with Crippen LogP contribution < -0.4 is 5.73 Å². The summed E-state index contributed by atoms with van der Waals surface area (Å²) in [4.78, 5) is 14.8. The third-order valence-electron chi connectivity index (χ3n) is 1.19. The van der Waals surface area contributed by atoms with Gasteiger partial charge < -0.3 is 5.73 Å². The molecular weight excluding hydrogens is 204 g/mol. The fourth-order valence-corrected chi connectivity index (χ4v) is 2.50. The van der Waals surface area contributed by atoms with Gasteiger partial charge in [-0.25, -0.2) is 4.98 Å². The fraction of sp³-hybridized carbons (Fsp3) is 0.250. The van der Waals surface area contributed by atoms with Crippen LogP contribution in [0.2, 0.25) is 1.41 Å². The summed E-state index contributed by atoms with van der Waals surface area (Å²) in [6.07, 6.45) is 2.10. The molecule has 0 saturated carbocycles. The molecule has 0 aromatic carbocycles. The molecule has 0 fully saturated rings. The second-order valence-corrected chi connectivity index (χ2v) is 4.68. The quantitative estimate of drug-likeness (QED) is 0.601. The average molecular weight is 216 g/mol. The van der Waals surface area contributed by atoms with Crippen molar-refractivity contribution in [2.75, 3.05) is 5.75 Å². The second-order valence-electron chi connectivity index (χ2n) is 2.25. The predicted molar refractivity (Wildman–Crippen MR) is 56.4 cm³/mol. The summed E-state index contributed by atoms with van der Waals surface area (Å²) < 4.78 is 6.58. The molecule has 0 unspecified atom stereocenters. The largest absolute Gasteiger partial charge is 0.370 e. The molecule has 5 heteroatoms. The number of rotatable bonds is 5. The molecular formula is C8H10N2OS2. The summed E-state index contributed by atoms with van der Waals surface area (Å²) in [5, 5.41) is 0.934. The summed E-state index contributed by atoms with van der Waals surface area (Å²) >= 11 is 0. The van der Waals surface area contributed by atoms with Crippen molar-refractivity contribution < 1.29 is 6.21 Å². The number of nitrogens with zero attached hydrogens (tertiary/aromatic N) is 1. The molecule has 1 aromatic heterocycles. The van der Waals surface area contributed by atoms with Gasteiger partial charge in [-0.3, -0.25) is 4.79 Å². The molecule has 0 aliphatic rings. The number of carbonyl (C=O) groups is 1. The smallest absolute Gasteiger partial charge is 0.218 e. The highest BCUT2D eigenvalue weighted by Gasteiger charge is 1.97. The summed E-state index contributed by atoms with van der Waals surface area (Å²) in [5.41, 5.74) is 1.84. The van der Waals surface area contributed by atoms with E-state index < -0.39 is 0 Å². The molecule has 1 heterocycles. The van der Waals surface area contributed by atoms with Gasteiger partial charge in [0.1, 0.15) is 5.03 Å². The topological polar surface area (TPSA) is 56.0 Å². The lowest BCUT2D eigenvalue weighted by Crippen LogP contribution is -2.10. The van der Waals surface area contributed by atoms with Crippen LogP contribution in [0.25, 0.3) is 0 Å². The Labute approximate surface area is 86.4 Å². The Morgan fingerprint density at radius 1 is 1.69 bits per heavy atom. The highest BCUT2D eigenvalue weighted by molar-refractivity contribution is 8.76. The first-order chi connectivity index (χ1) is 6.83. The molecule has 0 radical (unpaired) electrons. The Morgan fingerprint density at radius 3 is 3.31 bits per heavy atom. The zero-order valence-electron chi connectivity index (χ0n) is 7.90. The van der Waals surface area contributed by atoms with Crippen LogP contribution in [0.15, 0.2) is 29.4 Å². The molecule has 1 aromatic rings. The minimum Gasteiger partial charge on any atom is -0.370 e. The molecule has 1 amide bonds. The third kappa shape index (κ3) is 4.80. The van der Waals surface area contributed by atoms with E-state index in [-0.39, 0.29) is 5.91 Å². The van der Waals surface area contributed by atoms with E-state index in [0.29, 0.717) is 12.2 Å². The number of hydrogen-bond acceptors (Lipinski definition) is 4. The molecule has 1 rings (SSSR count). The molecule has 2 N–H and O–H groups in total. The van der Waals surface area contributed by atoms with E-state index in [0.717, 1.165) is 5.03 Å². The van der Waals surface area contributed by atoms with E-state index in [1.54, 1.807) is 17.0 Å². The van der Waals surface area contributed by atoms with Crippen LogP contribution in [0.4, 0.5) is 0 Å². The van der Waals surface area contributed by atoms with Gasteiger partial charge in [-0.1, -0.05) is 16.9 Å². The normalized spacial score (nSPS) is 10.6. The first kappa shape index (κ1) is 8.90.